The Hall–Kier alpha value is -1.53. The third-order valence-corrected chi connectivity index (χ3v) is 3.87. The molecule has 1 unspecified atom stereocenters. The van der Waals surface area contributed by atoms with E-state index in [0.29, 0.717) is 35.4 Å². The highest BCUT2D eigenvalue weighted by Gasteiger charge is 2.27. The number of hydrogen-bond acceptors (Lipinski definition) is 3. The molecule has 1 aliphatic rings. The Morgan fingerprint density at radius 2 is 2.15 bits per heavy atom. The number of nitrogens with zero attached hydrogens (tertiary/aromatic N) is 2. The van der Waals surface area contributed by atoms with Crippen molar-refractivity contribution in [1.29, 1.82) is 0 Å². The average molecular weight is 317 g/mol. The fourth-order valence-electron chi connectivity index (χ4n) is 2.06. The highest BCUT2D eigenvalue weighted by molar-refractivity contribution is 6.42. The van der Waals surface area contributed by atoms with E-state index in [1.165, 1.54) is 12.3 Å². The zero-order valence-electron chi connectivity index (χ0n) is 10.6. The van der Waals surface area contributed by atoms with Crippen LogP contribution in [0.5, 0.6) is 0 Å². The fraction of sp³-hybridized carbons (Fsp3) is 0.417. The van der Waals surface area contributed by atoms with Gasteiger partial charge in [0, 0.05) is 25.4 Å². The first-order valence-electron chi connectivity index (χ1n) is 6.13. The summed E-state index contributed by atoms with van der Waals surface area (Å²) in [5.74, 6) is -0.364. The Morgan fingerprint density at radius 3 is 2.80 bits per heavy atom. The van der Waals surface area contributed by atoms with Crippen molar-refractivity contribution in [2.45, 2.75) is 12.8 Å². The van der Waals surface area contributed by atoms with Gasteiger partial charge in [-0.3, -0.25) is 10.1 Å². The molecule has 0 saturated carbocycles. The molecule has 1 aromatic heterocycles. The third kappa shape index (κ3) is 3.52. The summed E-state index contributed by atoms with van der Waals surface area (Å²) in [6.45, 7) is 0.902. The van der Waals surface area contributed by atoms with E-state index in [4.69, 9.17) is 28.9 Å². The molecule has 0 aliphatic carbocycles. The lowest BCUT2D eigenvalue weighted by Gasteiger charge is -2.31. The number of primary amides is 1. The molecule has 0 bridgehead atoms. The third-order valence-electron chi connectivity index (χ3n) is 3.15. The summed E-state index contributed by atoms with van der Waals surface area (Å²) in [5.41, 5.74) is 5.28. The van der Waals surface area contributed by atoms with E-state index in [9.17, 15) is 9.59 Å². The Kier molecular flexibility index (Phi) is 4.67. The van der Waals surface area contributed by atoms with Crippen LogP contribution >= 0.6 is 23.2 Å². The molecule has 6 nitrogen and oxygen atoms in total. The minimum absolute atomic E-state index is 0.295. The fourth-order valence-corrected chi connectivity index (χ4v) is 2.32. The topological polar surface area (TPSA) is 88.3 Å². The average Bonchev–Trinajstić information content (AvgIpc) is 2.43. The molecule has 1 aliphatic heterocycles. The number of aromatic nitrogens is 1. The van der Waals surface area contributed by atoms with Crippen molar-refractivity contribution in [1.82, 2.24) is 9.88 Å². The van der Waals surface area contributed by atoms with E-state index in [1.54, 1.807) is 4.90 Å². The molecule has 20 heavy (non-hydrogen) atoms. The van der Waals surface area contributed by atoms with E-state index in [1.807, 2.05) is 0 Å². The number of likely N-dealkylation sites (tertiary alicyclic amines) is 1. The van der Waals surface area contributed by atoms with Gasteiger partial charge in [-0.2, -0.15) is 0 Å². The number of urea groups is 1. The molecule has 0 spiro atoms. The van der Waals surface area contributed by atoms with Crippen molar-refractivity contribution in [3.8, 4) is 0 Å². The molecular formula is C12H14Cl2N4O2. The molecule has 3 amide bonds. The Bertz CT molecular complexity index is 538. The lowest BCUT2D eigenvalue weighted by molar-refractivity contribution is -0.123. The van der Waals surface area contributed by atoms with Crippen molar-refractivity contribution < 1.29 is 9.59 Å². The molecule has 2 heterocycles. The molecule has 1 aromatic rings. The maximum absolute atomic E-state index is 12.1. The second-order valence-corrected chi connectivity index (χ2v) is 5.42. The summed E-state index contributed by atoms with van der Waals surface area (Å²) in [5, 5.41) is 3.25. The highest BCUT2D eigenvalue weighted by atomic mass is 35.5. The predicted molar refractivity (Wildman–Crippen MR) is 76.8 cm³/mol. The maximum Gasteiger partial charge on any atom is 0.323 e. The number of pyridine rings is 1. The molecule has 1 fully saturated rings. The Balaban J connectivity index is 2.00. The first-order valence-corrected chi connectivity index (χ1v) is 6.89. The molecule has 0 radical (unpaired) electrons. The van der Waals surface area contributed by atoms with Crippen LogP contribution in [0.4, 0.5) is 10.6 Å². The summed E-state index contributed by atoms with van der Waals surface area (Å²) in [4.78, 5) is 28.8. The first kappa shape index (κ1) is 14.9. The van der Waals surface area contributed by atoms with Crippen molar-refractivity contribution >= 4 is 41.0 Å². The van der Waals surface area contributed by atoms with E-state index >= 15 is 0 Å². The first-order chi connectivity index (χ1) is 9.47. The van der Waals surface area contributed by atoms with Crippen LogP contribution in [0.25, 0.3) is 0 Å². The smallest absolute Gasteiger partial charge is 0.323 e. The zero-order valence-corrected chi connectivity index (χ0v) is 12.1. The second kappa shape index (κ2) is 6.28. The number of nitrogens with one attached hydrogen (secondary N) is 1. The number of piperidine rings is 1. The van der Waals surface area contributed by atoms with Gasteiger partial charge in [-0.15, -0.1) is 0 Å². The van der Waals surface area contributed by atoms with Crippen LogP contribution in [0.3, 0.4) is 0 Å². The molecule has 1 atom stereocenters. The van der Waals surface area contributed by atoms with E-state index < -0.39 is 0 Å². The SMILES string of the molecule is NC(=O)C1CCCN(C(=O)Nc2cc(Cl)c(Cl)cn2)C1. The largest absolute Gasteiger partial charge is 0.369 e. The van der Waals surface area contributed by atoms with Gasteiger partial charge in [0.25, 0.3) is 0 Å². The number of nitrogens with two attached hydrogens (primary N) is 1. The summed E-state index contributed by atoms with van der Waals surface area (Å²) in [6, 6.07) is 1.14. The van der Waals surface area contributed by atoms with Crippen LogP contribution in [0.2, 0.25) is 10.0 Å². The minimum Gasteiger partial charge on any atom is -0.369 e. The van der Waals surface area contributed by atoms with E-state index in [0.717, 1.165) is 6.42 Å². The molecule has 0 aromatic carbocycles. The van der Waals surface area contributed by atoms with Crippen LogP contribution in [-0.4, -0.2) is 34.9 Å². The number of carbonyl (C=O) groups excluding carboxylic acids is 2. The van der Waals surface area contributed by atoms with Gasteiger partial charge in [0.2, 0.25) is 5.91 Å². The number of amides is 3. The summed E-state index contributed by atoms with van der Waals surface area (Å²) < 4.78 is 0. The molecule has 3 N–H and O–H groups in total. The second-order valence-electron chi connectivity index (χ2n) is 4.60. The summed E-state index contributed by atoms with van der Waals surface area (Å²) in [7, 11) is 0. The minimum atomic E-state index is -0.379. The normalized spacial score (nSPS) is 18.7. The van der Waals surface area contributed by atoms with Gasteiger partial charge in [0.05, 0.1) is 16.0 Å². The van der Waals surface area contributed by atoms with Crippen LogP contribution in [-0.2, 0) is 4.79 Å². The number of hydrogen-bond donors (Lipinski definition) is 2. The van der Waals surface area contributed by atoms with Crippen molar-refractivity contribution in [3.05, 3.63) is 22.3 Å². The lowest BCUT2D eigenvalue weighted by Crippen LogP contribution is -2.45. The Labute approximate surface area is 126 Å². The van der Waals surface area contributed by atoms with Gasteiger partial charge in [-0.05, 0) is 12.8 Å². The molecular weight excluding hydrogens is 303 g/mol. The van der Waals surface area contributed by atoms with Gasteiger partial charge < -0.3 is 10.6 Å². The van der Waals surface area contributed by atoms with Crippen molar-refractivity contribution in [2.75, 3.05) is 18.4 Å². The van der Waals surface area contributed by atoms with Gasteiger partial charge in [0.15, 0.2) is 0 Å². The number of anilines is 1. The van der Waals surface area contributed by atoms with Crippen LogP contribution < -0.4 is 11.1 Å². The predicted octanol–water partition coefficient (Wildman–Crippen LogP) is 2.12. The van der Waals surface area contributed by atoms with Gasteiger partial charge >= 0.3 is 6.03 Å². The van der Waals surface area contributed by atoms with Gasteiger partial charge in [-0.1, -0.05) is 23.2 Å². The van der Waals surface area contributed by atoms with Crippen LogP contribution in [0.15, 0.2) is 12.3 Å². The molecule has 1 saturated heterocycles. The van der Waals surface area contributed by atoms with E-state index in [2.05, 4.69) is 10.3 Å². The van der Waals surface area contributed by atoms with Crippen molar-refractivity contribution in [3.63, 3.8) is 0 Å². The standard InChI is InChI=1S/C12H14Cl2N4O2/c13-8-4-10(16-5-9(8)14)17-12(20)18-3-1-2-7(6-18)11(15)19/h4-5,7H,1-3,6H2,(H2,15,19)(H,16,17,20). The van der Waals surface area contributed by atoms with Crippen molar-refractivity contribution in [2.24, 2.45) is 11.7 Å². The molecule has 8 heteroatoms. The van der Waals surface area contributed by atoms with Crippen LogP contribution in [0, 0.1) is 5.92 Å². The number of halogens is 2. The summed E-state index contributed by atoms with van der Waals surface area (Å²) in [6.07, 6.45) is 2.82. The molecule has 108 valence electrons. The number of carbonyl (C=O) groups is 2. The van der Waals surface area contributed by atoms with E-state index in [-0.39, 0.29) is 17.9 Å². The monoisotopic (exact) mass is 316 g/mol. The summed E-state index contributed by atoms with van der Waals surface area (Å²) >= 11 is 11.6. The molecule has 2 rings (SSSR count). The highest BCUT2D eigenvalue weighted by Crippen LogP contribution is 2.23. The van der Waals surface area contributed by atoms with Crippen LogP contribution in [0.1, 0.15) is 12.8 Å². The zero-order chi connectivity index (χ0) is 14.7. The quantitative estimate of drug-likeness (QED) is 0.875. The van der Waals surface area contributed by atoms with Gasteiger partial charge in [-0.25, -0.2) is 9.78 Å². The number of rotatable bonds is 2. The maximum atomic E-state index is 12.1. The lowest BCUT2D eigenvalue weighted by atomic mass is 9.98. The Morgan fingerprint density at radius 1 is 1.40 bits per heavy atom. The van der Waals surface area contributed by atoms with Gasteiger partial charge in [0.1, 0.15) is 5.82 Å².